The monoisotopic (exact) mass is 376 g/mol. The van der Waals surface area contributed by atoms with Gasteiger partial charge in [0.05, 0.1) is 14.2 Å². The third-order valence-electron chi connectivity index (χ3n) is 5.19. The number of methoxy groups -OCH3 is 2. The molecule has 0 aliphatic carbocycles. The fraction of sp³-hybridized carbons (Fsp3) is 0.619. The highest BCUT2D eigenvalue weighted by atomic mass is 16.5. The quantitative estimate of drug-likeness (QED) is 0.743. The van der Waals surface area contributed by atoms with Crippen molar-refractivity contribution < 1.29 is 19.1 Å². The summed E-state index contributed by atoms with van der Waals surface area (Å²) in [4.78, 5) is 27.3. The Labute approximate surface area is 162 Å². The summed E-state index contributed by atoms with van der Waals surface area (Å²) in [6, 6.07) is 5.69. The third kappa shape index (κ3) is 5.15. The molecule has 6 nitrogen and oxygen atoms in total. The number of ether oxygens (including phenoxy) is 2. The van der Waals surface area contributed by atoms with E-state index < -0.39 is 5.41 Å². The van der Waals surface area contributed by atoms with Crippen LogP contribution in [0.1, 0.15) is 39.2 Å². The Balaban J connectivity index is 1.91. The third-order valence-corrected chi connectivity index (χ3v) is 5.19. The van der Waals surface area contributed by atoms with Gasteiger partial charge in [-0.3, -0.25) is 9.59 Å². The molecule has 1 aromatic rings. The molecule has 1 aromatic carbocycles. The molecule has 0 bridgehead atoms. The molecule has 1 aliphatic heterocycles. The molecule has 1 unspecified atom stereocenters. The Bertz CT molecular complexity index is 672. The van der Waals surface area contributed by atoms with Crippen LogP contribution in [0.25, 0.3) is 0 Å². The van der Waals surface area contributed by atoms with E-state index in [-0.39, 0.29) is 11.8 Å². The van der Waals surface area contributed by atoms with Crippen molar-refractivity contribution in [3.63, 3.8) is 0 Å². The van der Waals surface area contributed by atoms with E-state index in [0.717, 1.165) is 31.5 Å². The van der Waals surface area contributed by atoms with Crippen LogP contribution in [0.15, 0.2) is 18.2 Å². The summed E-state index contributed by atoms with van der Waals surface area (Å²) in [5, 5.41) is 2.91. The smallest absolute Gasteiger partial charge is 0.237 e. The molecular weight excluding hydrogens is 344 g/mol. The van der Waals surface area contributed by atoms with Gasteiger partial charge in [0.1, 0.15) is 5.41 Å². The van der Waals surface area contributed by atoms with Crippen LogP contribution in [0.2, 0.25) is 0 Å². The van der Waals surface area contributed by atoms with Crippen LogP contribution in [-0.4, -0.2) is 50.6 Å². The Kier molecular flexibility index (Phi) is 7.11. The molecule has 0 spiro atoms. The van der Waals surface area contributed by atoms with Gasteiger partial charge in [0, 0.05) is 19.6 Å². The summed E-state index contributed by atoms with van der Waals surface area (Å²) in [6.45, 7) is 7.50. The molecule has 0 aromatic heterocycles. The van der Waals surface area contributed by atoms with Crippen LogP contribution >= 0.6 is 0 Å². The lowest BCUT2D eigenvalue weighted by Gasteiger charge is -2.36. The first-order valence-electron chi connectivity index (χ1n) is 9.58. The van der Waals surface area contributed by atoms with E-state index in [0.29, 0.717) is 30.4 Å². The van der Waals surface area contributed by atoms with Gasteiger partial charge in [0.15, 0.2) is 11.5 Å². The van der Waals surface area contributed by atoms with Gasteiger partial charge in [0.25, 0.3) is 0 Å². The topological polar surface area (TPSA) is 67.9 Å². The average molecular weight is 376 g/mol. The number of hydrogen-bond acceptors (Lipinski definition) is 4. The van der Waals surface area contributed by atoms with E-state index in [4.69, 9.17) is 9.47 Å². The fourth-order valence-electron chi connectivity index (χ4n) is 3.44. The molecule has 27 heavy (non-hydrogen) atoms. The summed E-state index contributed by atoms with van der Waals surface area (Å²) < 4.78 is 10.5. The second-order valence-corrected chi connectivity index (χ2v) is 7.82. The minimum atomic E-state index is -1.06. The van der Waals surface area contributed by atoms with Crippen molar-refractivity contribution in [1.29, 1.82) is 0 Å². The summed E-state index contributed by atoms with van der Waals surface area (Å²) in [6.07, 6.45) is 2.79. The Morgan fingerprint density at radius 1 is 1.22 bits per heavy atom. The van der Waals surface area contributed by atoms with Crippen LogP contribution in [0, 0.1) is 11.3 Å². The first kappa shape index (κ1) is 21.1. The highest BCUT2D eigenvalue weighted by molar-refractivity contribution is 6.04. The van der Waals surface area contributed by atoms with Crippen molar-refractivity contribution in [3.8, 4) is 11.5 Å². The molecule has 6 heteroatoms. The number of amides is 2. The summed E-state index contributed by atoms with van der Waals surface area (Å²) in [7, 11) is 3.19. The SMILES string of the molecule is COc1ccc(CCNC(=O)C(C)(C)C(=O)N2CCCC(C)C2)cc1OC. The maximum absolute atomic E-state index is 12.8. The maximum Gasteiger partial charge on any atom is 0.237 e. The van der Waals surface area contributed by atoms with E-state index in [1.807, 2.05) is 23.1 Å². The van der Waals surface area contributed by atoms with Crippen LogP contribution in [-0.2, 0) is 16.0 Å². The number of nitrogens with zero attached hydrogens (tertiary/aromatic N) is 1. The number of piperidine rings is 1. The van der Waals surface area contributed by atoms with Gasteiger partial charge in [-0.2, -0.15) is 0 Å². The minimum Gasteiger partial charge on any atom is -0.493 e. The normalized spacial score (nSPS) is 17.4. The summed E-state index contributed by atoms with van der Waals surface area (Å²) in [5.74, 6) is 1.51. The summed E-state index contributed by atoms with van der Waals surface area (Å²) >= 11 is 0. The van der Waals surface area contributed by atoms with Crippen molar-refractivity contribution in [2.75, 3.05) is 33.9 Å². The highest BCUT2D eigenvalue weighted by Gasteiger charge is 2.39. The van der Waals surface area contributed by atoms with Crippen LogP contribution in [0.5, 0.6) is 11.5 Å². The largest absolute Gasteiger partial charge is 0.493 e. The molecule has 1 saturated heterocycles. The molecule has 1 atom stereocenters. The van der Waals surface area contributed by atoms with Gasteiger partial charge in [-0.1, -0.05) is 13.0 Å². The minimum absolute atomic E-state index is 0.0855. The highest BCUT2D eigenvalue weighted by Crippen LogP contribution is 2.28. The zero-order valence-electron chi connectivity index (χ0n) is 17.1. The van der Waals surface area contributed by atoms with Crippen LogP contribution in [0.4, 0.5) is 0 Å². The van der Waals surface area contributed by atoms with Crippen molar-refractivity contribution in [2.24, 2.45) is 11.3 Å². The lowest BCUT2D eigenvalue weighted by molar-refractivity contribution is -0.149. The summed E-state index contributed by atoms with van der Waals surface area (Å²) in [5.41, 5.74) is -0.0313. The molecular formula is C21H32N2O4. The first-order chi connectivity index (χ1) is 12.8. The van der Waals surface area contributed by atoms with E-state index in [2.05, 4.69) is 12.2 Å². The molecule has 1 fully saturated rings. The van der Waals surface area contributed by atoms with Crippen molar-refractivity contribution >= 4 is 11.8 Å². The molecule has 2 amide bonds. The second-order valence-electron chi connectivity index (χ2n) is 7.82. The predicted octanol–water partition coefficient (Wildman–Crippen LogP) is 2.65. The molecule has 2 rings (SSSR count). The van der Waals surface area contributed by atoms with Crippen LogP contribution < -0.4 is 14.8 Å². The zero-order chi connectivity index (χ0) is 20.0. The average Bonchev–Trinajstić information content (AvgIpc) is 2.66. The molecule has 150 valence electrons. The van der Waals surface area contributed by atoms with E-state index in [1.54, 1.807) is 28.1 Å². The molecule has 1 heterocycles. The predicted molar refractivity (Wildman–Crippen MR) is 105 cm³/mol. The Morgan fingerprint density at radius 2 is 1.93 bits per heavy atom. The molecule has 1 N–H and O–H groups in total. The number of rotatable bonds is 7. The van der Waals surface area contributed by atoms with Crippen molar-refractivity contribution in [3.05, 3.63) is 23.8 Å². The number of hydrogen-bond donors (Lipinski definition) is 1. The zero-order valence-corrected chi connectivity index (χ0v) is 17.1. The van der Waals surface area contributed by atoms with Gasteiger partial charge in [-0.25, -0.2) is 0 Å². The number of likely N-dealkylation sites (tertiary alicyclic amines) is 1. The number of carbonyl (C=O) groups excluding carboxylic acids is 2. The van der Waals surface area contributed by atoms with Crippen LogP contribution in [0.3, 0.4) is 0 Å². The Morgan fingerprint density at radius 3 is 2.56 bits per heavy atom. The lowest BCUT2D eigenvalue weighted by Crippen LogP contribution is -2.52. The van der Waals surface area contributed by atoms with Crippen molar-refractivity contribution in [2.45, 2.75) is 40.0 Å². The maximum atomic E-state index is 12.8. The van der Waals surface area contributed by atoms with E-state index in [1.165, 1.54) is 0 Å². The number of benzene rings is 1. The van der Waals surface area contributed by atoms with Gasteiger partial charge >= 0.3 is 0 Å². The number of nitrogens with one attached hydrogen (secondary N) is 1. The van der Waals surface area contributed by atoms with E-state index >= 15 is 0 Å². The van der Waals surface area contributed by atoms with E-state index in [9.17, 15) is 9.59 Å². The molecule has 0 saturated carbocycles. The Hall–Kier alpha value is -2.24. The molecule has 1 aliphatic rings. The second kappa shape index (κ2) is 9.11. The van der Waals surface area contributed by atoms with Gasteiger partial charge in [-0.15, -0.1) is 0 Å². The van der Waals surface area contributed by atoms with Gasteiger partial charge in [0.2, 0.25) is 11.8 Å². The first-order valence-corrected chi connectivity index (χ1v) is 9.58. The lowest BCUT2D eigenvalue weighted by atomic mass is 9.88. The fourth-order valence-corrected chi connectivity index (χ4v) is 3.44. The molecule has 0 radical (unpaired) electrons. The van der Waals surface area contributed by atoms with Gasteiger partial charge in [-0.05, 0) is 56.7 Å². The number of carbonyl (C=O) groups is 2. The van der Waals surface area contributed by atoms with Gasteiger partial charge < -0.3 is 19.7 Å². The van der Waals surface area contributed by atoms with Crippen molar-refractivity contribution in [1.82, 2.24) is 10.2 Å². The standard InChI is InChI=1S/C21H32N2O4/c1-15-7-6-12-23(14-15)20(25)21(2,3)19(24)22-11-10-16-8-9-17(26-4)18(13-16)27-5/h8-9,13,15H,6-7,10-12,14H2,1-5H3,(H,22,24).